The molecule has 2 rings (SSSR count). The van der Waals surface area contributed by atoms with Crippen LogP contribution in [0.3, 0.4) is 0 Å². The summed E-state index contributed by atoms with van der Waals surface area (Å²) in [6.07, 6.45) is -1.34. The normalized spacial score (nSPS) is 10.6. The van der Waals surface area contributed by atoms with E-state index in [0.717, 1.165) is 0 Å². The van der Waals surface area contributed by atoms with E-state index in [2.05, 4.69) is 25.0 Å². The molecule has 0 saturated heterocycles. The third-order valence-electron chi connectivity index (χ3n) is 3.34. The lowest BCUT2D eigenvalue weighted by molar-refractivity contribution is 0.0600. The Balaban J connectivity index is 2.03. The highest BCUT2D eigenvalue weighted by atomic mass is 32.2. The molecule has 0 unspecified atom stereocenters. The van der Waals surface area contributed by atoms with Crippen LogP contribution >= 0.6 is 0 Å². The molecule has 13 heteroatoms. The van der Waals surface area contributed by atoms with Crippen molar-refractivity contribution in [3.63, 3.8) is 0 Å². The molecule has 29 heavy (non-hydrogen) atoms. The maximum absolute atomic E-state index is 12.2. The summed E-state index contributed by atoms with van der Waals surface area (Å²) in [6.45, 7) is 0. The zero-order valence-corrected chi connectivity index (χ0v) is 16.5. The highest BCUT2D eigenvalue weighted by molar-refractivity contribution is 7.89. The molecule has 0 aliphatic rings. The first kappa shape index (κ1) is 21.7. The number of methoxy groups -OCH3 is 3. The lowest BCUT2D eigenvalue weighted by Crippen LogP contribution is -2.34. The fourth-order valence-electron chi connectivity index (χ4n) is 2.09. The molecule has 0 fully saturated rings. The molecule has 0 bridgehead atoms. The zero-order chi connectivity index (χ0) is 21.4. The molecule has 0 saturated carbocycles. The van der Waals surface area contributed by atoms with E-state index < -0.39 is 27.8 Å². The van der Waals surface area contributed by atoms with Gasteiger partial charge < -0.3 is 19.0 Å². The number of nitrogens with zero attached hydrogens (tertiary/aromatic N) is 2. The van der Waals surface area contributed by atoms with E-state index in [1.165, 1.54) is 39.5 Å². The van der Waals surface area contributed by atoms with Crippen molar-refractivity contribution in [2.75, 3.05) is 26.8 Å². The van der Waals surface area contributed by atoms with Crippen LogP contribution in [0.4, 0.5) is 10.7 Å². The minimum Gasteiger partial charge on any atom is -0.481 e. The van der Waals surface area contributed by atoms with Crippen molar-refractivity contribution >= 4 is 28.0 Å². The molecular formula is C16H18N4O8S. The molecule has 0 aliphatic heterocycles. The topological polar surface area (TPSA) is 155 Å². The number of esters is 1. The van der Waals surface area contributed by atoms with Gasteiger partial charge in [-0.15, -0.1) is 0 Å². The Bertz CT molecular complexity index is 974. The number of hydrogen-bond donors (Lipinski definition) is 2. The first-order chi connectivity index (χ1) is 13.8. The number of carbonyl (C=O) groups excluding carboxylic acids is 2. The number of amides is 1. The lowest BCUT2D eigenvalue weighted by atomic mass is 10.1. The van der Waals surface area contributed by atoms with Gasteiger partial charge in [0, 0.05) is 0 Å². The zero-order valence-electron chi connectivity index (χ0n) is 15.7. The number of nitrogens with one attached hydrogen (secondary N) is 2. The van der Waals surface area contributed by atoms with Gasteiger partial charge in [-0.05, 0) is 11.6 Å². The summed E-state index contributed by atoms with van der Waals surface area (Å²) in [4.78, 5) is 35.8. The van der Waals surface area contributed by atoms with Crippen molar-refractivity contribution in [2.24, 2.45) is 0 Å². The Labute approximate surface area is 166 Å². The molecule has 1 aromatic heterocycles. The lowest BCUT2D eigenvalue weighted by Gasteiger charge is -2.11. The fraction of sp³-hybridized carbons (Fsp3) is 0.250. The minimum atomic E-state index is -4.19. The van der Waals surface area contributed by atoms with Crippen LogP contribution in [-0.2, 0) is 25.4 Å². The molecule has 0 spiro atoms. The van der Waals surface area contributed by atoms with E-state index in [0.29, 0.717) is 0 Å². The van der Waals surface area contributed by atoms with Gasteiger partial charge in [0.15, 0.2) is 0 Å². The van der Waals surface area contributed by atoms with Gasteiger partial charge in [0.2, 0.25) is 21.8 Å². The van der Waals surface area contributed by atoms with Crippen LogP contribution in [0.5, 0.6) is 11.8 Å². The summed E-state index contributed by atoms with van der Waals surface area (Å²) in [5.41, 5.74) is 2.29. The maximum Gasteiger partial charge on any atom is 0.445 e. The molecule has 0 atom stereocenters. The summed E-state index contributed by atoms with van der Waals surface area (Å²) in [6, 6.07) is 7.31. The van der Waals surface area contributed by atoms with Gasteiger partial charge in [-0.1, -0.05) is 18.2 Å². The van der Waals surface area contributed by atoms with Crippen molar-refractivity contribution in [1.29, 1.82) is 0 Å². The van der Waals surface area contributed by atoms with Gasteiger partial charge in [0.1, 0.15) is 0 Å². The van der Waals surface area contributed by atoms with Crippen molar-refractivity contribution in [1.82, 2.24) is 14.7 Å². The molecule has 12 nitrogen and oxygen atoms in total. The second-order valence-corrected chi connectivity index (χ2v) is 7.00. The summed E-state index contributed by atoms with van der Waals surface area (Å²) < 4.78 is 40.6. The summed E-state index contributed by atoms with van der Waals surface area (Å²) in [5.74, 6) is -1.32. The number of carbonyl (C=O) groups is 2. The third kappa shape index (κ3) is 6.21. The quantitative estimate of drug-likeness (QED) is 0.456. The molecule has 2 N–H and O–H groups in total. The Morgan fingerprint density at radius 2 is 1.66 bits per heavy atom. The SMILES string of the molecule is COC(=O)c1ccccc1CS(=O)(=O)NC(=O)ONc1nc(OC)cc(OC)n1. The van der Waals surface area contributed by atoms with Gasteiger partial charge in [-0.25, -0.2) is 22.7 Å². The van der Waals surface area contributed by atoms with Gasteiger partial charge >= 0.3 is 12.1 Å². The van der Waals surface area contributed by atoms with E-state index in [-0.39, 0.29) is 28.8 Å². The highest BCUT2D eigenvalue weighted by Crippen LogP contribution is 2.17. The molecule has 0 aliphatic carbocycles. The average Bonchev–Trinajstić information content (AvgIpc) is 2.71. The van der Waals surface area contributed by atoms with Crippen LogP contribution in [0, 0.1) is 0 Å². The van der Waals surface area contributed by atoms with E-state index in [9.17, 15) is 18.0 Å². The van der Waals surface area contributed by atoms with Gasteiger partial charge in [0.05, 0.1) is 38.7 Å². The Morgan fingerprint density at radius 1 is 1.03 bits per heavy atom. The smallest absolute Gasteiger partial charge is 0.445 e. The standard InChI is InChI=1S/C16H18N4O8S/c1-25-12-8-13(26-2)18-15(17-12)19-28-16(22)20-29(23,24)9-10-6-4-5-7-11(10)14(21)27-3/h4-8H,9H2,1-3H3,(H,20,22)(H,17,18,19). The van der Waals surface area contributed by atoms with Crippen molar-refractivity contribution in [2.45, 2.75) is 5.75 Å². The second-order valence-electron chi connectivity index (χ2n) is 5.28. The molecule has 156 valence electrons. The number of aromatic nitrogens is 2. The minimum absolute atomic E-state index is 0.0590. The average molecular weight is 426 g/mol. The Hall–Kier alpha value is -3.61. The first-order valence-electron chi connectivity index (χ1n) is 7.88. The van der Waals surface area contributed by atoms with Gasteiger partial charge in [0.25, 0.3) is 5.95 Å². The summed E-state index contributed by atoms with van der Waals surface area (Å²) >= 11 is 0. The number of benzene rings is 1. The fourth-order valence-corrected chi connectivity index (χ4v) is 3.12. The number of anilines is 1. The van der Waals surface area contributed by atoms with E-state index in [1.807, 2.05) is 0 Å². The van der Waals surface area contributed by atoms with Crippen LogP contribution < -0.4 is 19.7 Å². The van der Waals surface area contributed by atoms with Crippen LogP contribution in [0.1, 0.15) is 15.9 Å². The van der Waals surface area contributed by atoms with Crippen LogP contribution in [-0.4, -0.2) is 51.8 Å². The van der Waals surface area contributed by atoms with E-state index in [4.69, 9.17) is 9.47 Å². The van der Waals surface area contributed by atoms with Crippen LogP contribution in [0.25, 0.3) is 0 Å². The monoisotopic (exact) mass is 426 g/mol. The second kappa shape index (κ2) is 9.54. The number of sulfonamides is 1. The van der Waals surface area contributed by atoms with Crippen molar-refractivity contribution in [3.8, 4) is 11.8 Å². The van der Waals surface area contributed by atoms with E-state index in [1.54, 1.807) is 16.9 Å². The molecule has 1 amide bonds. The van der Waals surface area contributed by atoms with Crippen molar-refractivity contribution in [3.05, 3.63) is 41.5 Å². The Kier molecular flexibility index (Phi) is 7.14. The first-order valence-corrected chi connectivity index (χ1v) is 9.53. The largest absolute Gasteiger partial charge is 0.481 e. The van der Waals surface area contributed by atoms with Crippen LogP contribution in [0.15, 0.2) is 30.3 Å². The maximum atomic E-state index is 12.2. The van der Waals surface area contributed by atoms with Gasteiger partial charge in [-0.3, -0.25) is 0 Å². The van der Waals surface area contributed by atoms with Gasteiger partial charge in [-0.2, -0.15) is 15.4 Å². The van der Waals surface area contributed by atoms with Crippen LogP contribution in [0.2, 0.25) is 0 Å². The number of ether oxygens (including phenoxy) is 3. The number of hydrogen-bond acceptors (Lipinski definition) is 11. The summed E-state index contributed by atoms with van der Waals surface area (Å²) in [5, 5.41) is 0. The van der Waals surface area contributed by atoms with Crippen molar-refractivity contribution < 1.29 is 37.1 Å². The predicted octanol–water partition coefficient (Wildman–Crippen LogP) is 0.863. The summed E-state index contributed by atoms with van der Waals surface area (Å²) in [7, 11) is -0.302. The van der Waals surface area contributed by atoms with E-state index >= 15 is 0 Å². The molecule has 1 aromatic carbocycles. The highest BCUT2D eigenvalue weighted by Gasteiger charge is 2.21. The number of rotatable bonds is 8. The molecule has 2 aromatic rings. The molecular weight excluding hydrogens is 408 g/mol. The molecule has 0 radical (unpaired) electrons. The molecule has 1 heterocycles. The predicted molar refractivity (Wildman–Crippen MR) is 98.8 cm³/mol. The third-order valence-corrected chi connectivity index (χ3v) is 4.51. The Morgan fingerprint density at radius 3 is 2.24 bits per heavy atom.